The van der Waals surface area contributed by atoms with Crippen LogP contribution in [0.2, 0.25) is 0 Å². The summed E-state index contributed by atoms with van der Waals surface area (Å²) in [7, 11) is 1.86. The Labute approximate surface area is 43.7 Å². The maximum Gasteiger partial charge on any atom is 0.0558 e. The van der Waals surface area contributed by atoms with Crippen LogP contribution in [0.4, 0.5) is 0 Å². The van der Waals surface area contributed by atoms with Gasteiger partial charge in [-0.15, -0.1) is 0 Å². The lowest BCUT2D eigenvalue weighted by molar-refractivity contribution is 0.224. The third kappa shape index (κ3) is 3.72. The second-order valence-corrected chi connectivity index (χ2v) is 1.49. The summed E-state index contributed by atoms with van der Waals surface area (Å²) in [5.74, 6) is 0. The molecule has 0 aliphatic carbocycles. The minimum atomic E-state index is 0.188. The number of aliphatic hydroxyl groups excluding tert-OH is 1. The van der Waals surface area contributed by atoms with Gasteiger partial charge in [-0.2, -0.15) is 0 Å². The van der Waals surface area contributed by atoms with Gasteiger partial charge in [0, 0.05) is 13.2 Å². The number of likely N-dealkylation sites (N-methyl/N-ethyl adjacent to an activating group) is 1. The van der Waals surface area contributed by atoms with Crippen molar-refractivity contribution in [2.45, 2.75) is 0 Å². The first-order valence-electron chi connectivity index (χ1n) is 2.30. The van der Waals surface area contributed by atoms with Crippen LogP contribution in [0.25, 0.3) is 0 Å². The standard InChI is InChI=1S/C4H12N2O/c1-6(4-5)2-3-7/h7H,2-5H2,1H3. The normalized spacial score (nSPS) is 10.3. The largest absolute Gasteiger partial charge is 0.395 e. The predicted molar refractivity (Wildman–Crippen MR) is 28.8 cm³/mol. The predicted octanol–water partition coefficient (Wildman–Crippen LogP) is -1.17. The van der Waals surface area contributed by atoms with E-state index in [2.05, 4.69) is 0 Å². The monoisotopic (exact) mass is 104 g/mol. The molecule has 44 valence electrons. The molecule has 0 atom stereocenters. The van der Waals surface area contributed by atoms with E-state index in [1.54, 1.807) is 0 Å². The van der Waals surface area contributed by atoms with Crippen molar-refractivity contribution in [2.75, 3.05) is 26.9 Å². The molecule has 3 N–H and O–H groups in total. The molecule has 0 amide bonds. The highest BCUT2D eigenvalue weighted by atomic mass is 16.3. The summed E-state index contributed by atoms with van der Waals surface area (Å²) in [5.41, 5.74) is 5.17. The van der Waals surface area contributed by atoms with Crippen molar-refractivity contribution in [3.63, 3.8) is 0 Å². The number of nitrogens with zero attached hydrogens (tertiary/aromatic N) is 1. The van der Waals surface area contributed by atoms with Gasteiger partial charge in [0.15, 0.2) is 0 Å². The summed E-state index contributed by atoms with van der Waals surface area (Å²) in [5, 5.41) is 8.27. The summed E-state index contributed by atoms with van der Waals surface area (Å²) >= 11 is 0. The molecule has 0 aliphatic rings. The number of aliphatic hydroxyl groups is 1. The fraction of sp³-hybridized carbons (Fsp3) is 1.00. The van der Waals surface area contributed by atoms with Crippen molar-refractivity contribution in [1.82, 2.24) is 4.90 Å². The SMILES string of the molecule is CN(CN)CCO. The fourth-order valence-electron chi connectivity index (χ4n) is 0.262. The van der Waals surface area contributed by atoms with Gasteiger partial charge in [-0.3, -0.25) is 4.90 Å². The minimum absolute atomic E-state index is 0.188. The summed E-state index contributed by atoms with van der Waals surface area (Å²) in [6, 6.07) is 0. The molecule has 3 heteroatoms. The van der Waals surface area contributed by atoms with Gasteiger partial charge in [0.25, 0.3) is 0 Å². The Kier molecular flexibility index (Phi) is 3.98. The first kappa shape index (κ1) is 6.88. The van der Waals surface area contributed by atoms with Crippen LogP contribution in [0.15, 0.2) is 0 Å². The summed E-state index contributed by atoms with van der Waals surface area (Å²) in [6.45, 7) is 1.37. The average Bonchev–Trinajstić information content (AvgIpc) is 1.68. The van der Waals surface area contributed by atoms with E-state index in [0.29, 0.717) is 13.2 Å². The van der Waals surface area contributed by atoms with Gasteiger partial charge in [0.05, 0.1) is 6.61 Å². The van der Waals surface area contributed by atoms with E-state index in [9.17, 15) is 0 Å². The van der Waals surface area contributed by atoms with Gasteiger partial charge in [-0.25, -0.2) is 0 Å². The molecule has 0 aliphatic heterocycles. The van der Waals surface area contributed by atoms with Gasteiger partial charge in [0.1, 0.15) is 0 Å². The van der Waals surface area contributed by atoms with E-state index >= 15 is 0 Å². The second-order valence-electron chi connectivity index (χ2n) is 1.49. The van der Waals surface area contributed by atoms with E-state index in [0.717, 1.165) is 0 Å². The van der Waals surface area contributed by atoms with E-state index in [4.69, 9.17) is 10.8 Å². The maximum absolute atomic E-state index is 8.27. The lowest BCUT2D eigenvalue weighted by Crippen LogP contribution is -2.28. The Bertz CT molecular complexity index is 40.7. The lowest BCUT2D eigenvalue weighted by Gasteiger charge is -2.09. The van der Waals surface area contributed by atoms with E-state index in [-0.39, 0.29) is 6.61 Å². The number of nitrogens with two attached hydrogens (primary N) is 1. The van der Waals surface area contributed by atoms with Crippen LogP contribution in [-0.4, -0.2) is 36.9 Å². The van der Waals surface area contributed by atoms with Crippen LogP contribution in [-0.2, 0) is 0 Å². The zero-order valence-corrected chi connectivity index (χ0v) is 4.59. The van der Waals surface area contributed by atoms with Crippen molar-refractivity contribution < 1.29 is 5.11 Å². The van der Waals surface area contributed by atoms with Crippen LogP contribution in [0, 0.1) is 0 Å². The first-order chi connectivity index (χ1) is 3.31. The zero-order valence-electron chi connectivity index (χ0n) is 4.59. The molecule has 0 aromatic carbocycles. The van der Waals surface area contributed by atoms with Crippen LogP contribution in [0.1, 0.15) is 0 Å². The van der Waals surface area contributed by atoms with Crippen molar-refractivity contribution in [1.29, 1.82) is 0 Å². The zero-order chi connectivity index (χ0) is 5.70. The molecule has 0 heterocycles. The Morgan fingerprint density at radius 2 is 2.29 bits per heavy atom. The van der Waals surface area contributed by atoms with E-state index < -0.39 is 0 Å². The molecular formula is C4H12N2O. The van der Waals surface area contributed by atoms with Gasteiger partial charge < -0.3 is 10.8 Å². The van der Waals surface area contributed by atoms with E-state index in [1.807, 2.05) is 11.9 Å². The highest BCUT2D eigenvalue weighted by molar-refractivity contribution is 4.40. The van der Waals surface area contributed by atoms with Crippen molar-refractivity contribution >= 4 is 0 Å². The smallest absolute Gasteiger partial charge is 0.0558 e. The summed E-state index contributed by atoms with van der Waals surface area (Å²) in [6.07, 6.45) is 0. The molecule has 3 nitrogen and oxygen atoms in total. The average molecular weight is 104 g/mol. The quantitative estimate of drug-likeness (QED) is 0.443. The number of rotatable bonds is 3. The number of hydrogen-bond acceptors (Lipinski definition) is 3. The first-order valence-corrected chi connectivity index (χ1v) is 2.30. The van der Waals surface area contributed by atoms with Crippen LogP contribution < -0.4 is 5.73 Å². The third-order valence-corrected chi connectivity index (χ3v) is 0.793. The molecule has 0 rings (SSSR count). The highest BCUT2D eigenvalue weighted by Crippen LogP contribution is 1.70. The summed E-state index contributed by atoms with van der Waals surface area (Å²) in [4.78, 5) is 1.83. The van der Waals surface area contributed by atoms with Crippen LogP contribution >= 0.6 is 0 Å². The van der Waals surface area contributed by atoms with E-state index in [1.165, 1.54) is 0 Å². The Morgan fingerprint density at radius 1 is 1.71 bits per heavy atom. The highest BCUT2D eigenvalue weighted by Gasteiger charge is 1.87. The molecule has 0 spiro atoms. The topological polar surface area (TPSA) is 49.5 Å². The minimum Gasteiger partial charge on any atom is -0.395 e. The van der Waals surface area contributed by atoms with Gasteiger partial charge >= 0.3 is 0 Å². The lowest BCUT2D eigenvalue weighted by atomic mass is 10.6. The fourth-order valence-corrected chi connectivity index (χ4v) is 0.262. The molecule has 0 unspecified atom stereocenters. The van der Waals surface area contributed by atoms with Gasteiger partial charge in [-0.05, 0) is 7.05 Å². The molecule has 0 radical (unpaired) electrons. The molecular weight excluding hydrogens is 92.1 g/mol. The Hall–Kier alpha value is -0.120. The molecule has 0 aromatic rings. The third-order valence-electron chi connectivity index (χ3n) is 0.793. The van der Waals surface area contributed by atoms with Crippen molar-refractivity contribution in [2.24, 2.45) is 5.73 Å². The second kappa shape index (κ2) is 4.05. The molecule has 7 heavy (non-hydrogen) atoms. The number of hydrogen-bond donors (Lipinski definition) is 2. The van der Waals surface area contributed by atoms with Gasteiger partial charge in [-0.1, -0.05) is 0 Å². The Balaban J connectivity index is 2.83. The van der Waals surface area contributed by atoms with Crippen LogP contribution in [0.3, 0.4) is 0 Å². The van der Waals surface area contributed by atoms with Crippen LogP contribution in [0.5, 0.6) is 0 Å². The molecule has 0 bridgehead atoms. The maximum atomic E-state index is 8.27. The van der Waals surface area contributed by atoms with Gasteiger partial charge in [0.2, 0.25) is 0 Å². The van der Waals surface area contributed by atoms with Crippen molar-refractivity contribution in [3.8, 4) is 0 Å². The molecule has 0 saturated heterocycles. The van der Waals surface area contributed by atoms with Crippen molar-refractivity contribution in [3.05, 3.63) is 0 Å². The molecule has 0 saturated carbocycles. The Morgan fingerprint density at radius 3 is 2.43 bits per heavy atom. The molecule has 0 fully saturated rings. The molecule has 0 aromatic heterocycles. The summed E-state index contributed by atoms with van der Waals surface area (Å²) < 4.78 is 0.